The van der Waals surface area contributed by atoms with Gasteiger partial charge in [0.15, 0.2) is 17.3 Å². The summed E-state index contributed by atoms with van der Waals surface area (Å²) in [5, 5.41) is -1.59. The van der Waals surface area contributed by atoms with E-state index >= 15 is 0 Å². The molecule has 4 aliphatic rings. The van der Waals surface area contributed by atoms with Crippen LogP contribution in [0.15, 0.2) is 96.0 Å². The maximum Gasteiger partial charge on any atom is 0.275 e. The second-order valence-corrected chi connectivity index (χ2v) is 25.4. The molecule has 4 heterocycles. The number of carbonyl (C=O) groups is 3. The summed E-state index contributed by atoms with van der Waals surface area (Å²) < 4.78 is 69.6. The second kappa shape index (κ2) is 25.6. The third kappa shape index (κ3) is 13.6. The summed E-state index contributed by atoms with van der Waals surface area (Å²) >= 11 is 0. The van der Waals surface area contributed by atoms with Gasteiger partial charge in [0.05, 0.1) is 64.0 Å². The van der Waals surface area contributed by atoms with Crippen molar-refractivity contribution in [3.63, 3.8) is 0 Å². The highest BCUT2D eigenvalue weighted by Crippen LogP contribution is 2.43. The molecule has 1 unspecified atom stereocenters. The molecular formula is C59H69N5O12S3. The van der Waals surface area contributed by atoms with Crippen LogP contribution in [0.3, 0.4) is 0 Å². The minimum Gasteiger partial charge on any atom is -0.493 e. The zero-order valence-corrected chi connectivity index (χ0v) is 47.8. The predicted molar refractivity (Wildman–Crippen MR) is 311 cm³/mol. The second-order valence-electron chi connectivity index (χ2n) is 20.7. The molecular weight excluding hydrogens is 1070 g/mol. The molecule has 20 heteroatoms. The number of nitrogens with zero attached hydrogens (tertiary/aromatic N) is 4. The molecule has 420 valence electrons. The average Bonchev–Trinajstić information content (AvgIpc) is 4.10. The number of nitrogens with two attached hydrogens (primary N) is 1. The predicted octanol–water partition coefficient (Wildman–Crippen LogP) is 8.79. The summed E-state index contributed by atoms with van der Waals surface area (Å²) in [6, 6.07) is 29.6. The van der Waals surface area contributed by atoms with Crippen molar-refractivity contribution < 1.29 is 55.8 Å². The van der Waals surface area contributed by atoms with Crippen LogP contribution < -0.4 is 34.6 Å². The van der Waals surface area contributed by atoms with Gasteiger partial charge in [-0.1, -0.05) is 58.0 Å². The number of amides is 2. The summed E-state index contributed by atoms with van der Waals surface area (Å²) in [6.45, 7) is 8.96. The quantitative estimate of drug-likeness (QED) is 0.0286. The van der Waals surface area contributed by atoms with Gasteiger partial charge in [-0.2, -0.15) is 8.42 Å². The summed E-state index contributed by atoms with van der Waals surface area (Å²) in [6.07, 6.45) is 4.80. The van der Waals surface area contributed by atoms with Crippen LogP contribution in [0.1, 0.15) is 80.8 Å². The van der Waals surface area contributed by atoms with Gasteiger partial charge >= 0.3 is 0 Å². The van der Waals surface area contributed by atoms with Crippen molar-refractivity contribution in [3.8, 4) is 17.2 Å². The van der Waals surface area contributed by atoms with Crippen molar-refractivity contribution in [1.29, 1.82) is 0 Å². The van der Waals surface area contributed by atoms with Gasteiger partial charge in [-0.25, -0.2) is 0 Å². The van der Waals surface area contributed by atoms with E-state index in [-0.39, 0.29) is 49.3 Å². The largest absolute Gasteiger partial charge is 0.493 e. The molecule has 0 spiro atoms. The van der Waals surface area contributed by atoms with Gasteiger partial charge in [-0.3, -0.25) is 28.8 Å². The Morgan fingerprint density at radius 2 is 1.47 bits per heavy atom. The summed E-state index contributed by atoms with van der Waals surface area (Å²) in [5.41, 5.74) is 15.5. The lowest BCUT2D eigenvalue weighted by Crippen LogP contribution is -2.39. The van der Waals surface area contributed by atoms with Crippen LogP contribution in [0.5, 0.6) is 17.2 Å². The maximum atomic E-state index is 14.3. The third-order valence-corrected chi connectivity index (χ3v) is 19.1. The zero-order valence-electron chi connectivity index (χ0n) is 45.3. The highest BCUT2D eigenvalue weighted by Gasteiger charge is 2.39. The van der Waals surface area contributed by atoms with Gasteiger partial charge in [-0.05, 0) is 128 Å². The summed E-state index contributed by atoms with van der Waals surface area (Å²) in [4.78, 5) is 51.7. The van der Waals surface area contributed by atoms with E-state index in [0.717, 1.165) is 64.1 Å². The lowest BCUT2D eigenvalue weighted by atomic mass is 9.98. The number of rotatable bonds is 27. The first-order chi connectivity index (χ1) is 38.0. The van der Waals surface area contributed by atoms with Crippen molar-refractivity contribution in [2.24, 2.45) is 10.7 Å². The zero-order chi connectivity index (χ0) is 55.8. The average molecular weight is 1140 g/mol. The maximum absolute atomic E-state index is 14.3. The minimum atomic E-state index is -4.62. The Labute approximate surface area is 470 Å². The molecule has 2 amide bonds. The summed E-state index contributed by atoms with van der Waals surface area (Å²) in [7, 11) is 1.50. The number of anilines is 3. The van der Waals surface area contributed by atoms with Crippen LogP contribution >= 0.6 is 21.6 Å². The molecule has 9 rings (SSSR count). The van der Waals surface area contributed by atoms with Crippen LogP contribution in [0, 0.1) is 6.92 Å². The van der Waals surface area contributed by atoms with E-state index in [9.17, 15) is 27.4 Å². The highest BCUT2D eigenvalue weighted by molar-refractivity contribution is 8.77. The van der Waals surface area contributed by atoms with Gasteiger partial charge in [-0.15, -0.1) is 0 Å². The fourth-order valence-electron chi connectivity index (χ4n) is 10.7. The van der Waals surface area contributed by atoms with Crippen LogP contribution in [0.25, 0.3) is 0 Å². The Morgan fingerprint density at radius 1 is 0.810 bits per heavy atom. The Balaban J connectivity index is 0.996. The van der Waals surface area contributed by atoms with Crippen molar-refractivity contribution in [1.82, 2.24) is 0 Å². The molecule has 0 radical (unpaired) electrons. The van der Waals surface area contributed by atoms with E-state index < -0.39 is 32.4 Å². The van der Waals surface area contributed by atoms with Gasteiger partial charge in [0.2, 0.25) is 0 Å². The number of methoxy groups -OCH3 is 2. The first-order valence-electron chi connectivity index (χ1n) is 26.6. The van der Waals surface area contributed by atoms with Gasteiger partial charge in [0, 0.05) is 78.1 Å². The molecule has 3 atom stereocenters. The van der Waals surface area contributed by atoms with Crippen molar-refractivity contribution in [2.75, 3.05) is 87.3 Å². The molecule has 0 fully saturated rings. The number of carbonyl (C=O) groups excluding carboxylic acids is 3. The van der Waals surface area contributed by atoms with E-state index in [2.05, 4.69) is 36.9 Å². The summed E-state index contributed by atoms with van der Waals surface area (Å²) in [5.74, 6) is 0.851. The molecule has 4 aliphatic heterocycles. The van der Waals surface area contributed by atoms with Gasteiger partial charge in [0.25, 0.3) is 21.9 Å². The van der Waals surface area contributed by atoms with Crippen molar-refractivity contribution >= 4 is 78.3 Å². The number of aliphatic imine (C=N–C) groups is 1. The van der Waals surface area contributed by atoms with Crippen molar-refractivity contribution in [3.05, 3.63) is 136 Å². The molecule has 0 bridgehead atoms. The Bertz CT molecular complexity index is 3190. The number of ether oxygens (including phenoxy) is 6. The van der Waals surface area contributed by atoms with Crippen LogP contribution in [-0.4, -0.2) is 132 Å². The number of fused-ring (bicyclic) bond motifs is 8. The fourth-order valence-corrected chi connectivity index (χ4v) is 14.3. The third-order valence-electron chi connectivity index (χ3n) is 14.5. The van der Waals surface area contributed by atoms with Gasteiger partial charge in [0.1, 0.15) is 24.2 Å². The number of hydrogen-bond donors (Lipinski definition) is 2. The number of aryl methyl sites for hydroxylation is 2. The Morgan fingerprint density at radius 3 is 2.16 bits per heavy atom. The Kier molecular flexibility index (Phi) is 18.7. The molecule has 5 aromatic rings. The van der Waals surface area contributed by atoms with E-state index in [1.54, 1.807) is 42.0 Å². The molecule has 79 heavy (non-hydrogen) atoms. The van der Waals surface area contributed by atoms with E-state index in [0.29, 0.717) is 86.6 Å². The molecule has 0 aliphatic carbocycles. The molecule has 5 aromatic carbocycles. The molecule has 0 saturated carbocycles. The lowest BCUT2D eigenvalue weighted by molar-refractivity contribution is -0.117. The number of hydrogen-bond acceptors (Lipinski definition) is 16. The van der Waals surface area contributed by atoms with Crippen LogP contribution in [-0.2, 0) is 61.6 Å². The van der Waals surface area contributed by atoms with E-state index in [4.69, 9.17) is 39.1 Å². The first-order valence-corrected chi connectivity index (χ1v) is 30.4. The lowest BCUT2D eigenvalue weighted by Gasteiger charge is -2.34. The molecule has 17 nitrogen and oxygen atoms in total. The SMILES string of the molecule is COCCOCCOCCN(CC(C)(C)SSCCC(C(=O)CN)S(=O)(=O)O)c1cc(COc2cc3c(cc2C)C(=O)N2c4ccccc4C[C@H]2CC3)cc(COc2cc3c(cc2OC)C(=O)N2c4ccccc4C[C@H]2C=N3)c1. The fraction of sp³-hybridized carbons (Fsp3) is 0.424. The first kappa shape index (κ1) is 57.7. The minimum absolute atomic E-state index is 0.0104. The number of Topliss-reactive ketones (excluding diaryl/α,β-unsaturated/α-hetero) is 1. The monoisotopic (exact) mass is 1140 g/mol. The molecule has 0 aromatic heterocycles. The highest BCUT2D eigenvalue weighted by atomic mass is 33.1. The molecule has 0 saturated heterocycles. The van der Waals surface area contributed by atoms with Crippen molar-refractivity contribution in [2.45, 2.75) is 88.2 Å². The van der Waals surface area contributed by atoms with E-state index in [1.807, 2.05) is 78.7 Å². The number of benzene rings is 5. The van der Waals surface area contributed by atoms with Gasteiger partial charge < -0.3 is 44.0 Å². The van der Waals surface area contributed by atoms with Crippen LogP contribution in [0.2, 0.25) is 0 Å². The normalized spacial score (nSPS) is 16.7. The standard InChI is InChI=1S/C59H69N5O12S3/c1-38-24-47-41(14-15-44-28-42-10-6-8-12-50(42)63(44)57(47)66)30-53(38)75-35-39-25-40(36-76-55-32-49-48(31-54(55)72-5)58(67)64-46(34-61-49)29-43-11-7-9-13-51(43)64)27-45(26-39)62(17-18-73-21-22-74-20-19-71-4)37-59(2,3)78-77-23-16-56(52(65)33-60)79(68,69)70/h6-13,24-27,30-32,34,44,46,56H,14-23,28-29,33,35-37,60H2,1-5H3,(H,68,69,70)/t44-,46+,56?/m1/s1. The number of ketones is 1. The van der Waals surface area contributed by atoms with Crippen LogP contribution in [0.4, 0.5) is 22.7 Å². The topological polar surface area (TPSA) is 209 Å². The van der Waals surface area contributed by atoms with E-state index in [1.165, 1.54) is 16.4 Å². The smallest absolute Gasteiger partial charge is 0.275 e. The Hall–Kier alpha value is -5.97. The number of para-hydroxylation sites is 2. The molecule has 3 N–H and O–H groups in total.